The molecule has 1 aliphatic heterocycles. The van der Waals surface area contributed by atoms with Crippen LogP contribution in [0.2, 0.25) is 0 Å². The van der Waals surface area contributed by atoms with E-state index in [0.717, 1.165) is 5.56 Å². The molecule has 1 fully saturated rings. The fraction of sp³-hybridized carbons (Fsp3) is 0.318. The number of benzene rings is 2. The Morgan fingerprint density at radius 2 is 1.69 bits per heavy atom. The quantitative estimate of drug-likeness (QED) is 0.749. The summed E-state index contributed by atoms with van der Waals surface area (Å²) in [6.45, 7) is 2.40. The van der Waals surface area contributed by atoms with E-state index in [1.807, 2.05) is 12.1 Å². The maximum absolute atomic E-state index is 12.3. The monoisotopic (exact) mass is 396 g/mol. The summed E-state index contributed by atoms with van der Waals surface area (Å²) in [6.07, 6.45) is 0.849. The van der Waals surface area contributed by atoms with Gasteiger partial charge in [0.2, 0.25) is 11.8 Å². The van der Waals surface area contributed by atoms with Crippen molar-refractivity contribution < 1.29 is 24.2 Å². The van der Waals surface area contributed by atoms with E-state index in [9.17, 15) is 19.5 Å². The van der Waals surface area contributed by atoms with Crippen LogP contribution >= 0.6 is 0 Å². The molecule has 7 nitrogen and oxygen atoms in total. The van der Waals surface area contributed by atoms with Crippen molar-refractivity contribution in [1.29, 1.82) is 0 Å². The molecule has 7 heteroatoms. The Balaban J connectivity index is 1.50. The van der Waals surface area contributed by atoms with Crippen molar-refractivity contribution >= 4 is 23.5 Å². The number of ether oxygens (including phenoxy) is 1. The second-order valence-corrected chi connectivity index (χ2v) is 6.88. The van der Waals surface area contributed by atoms with Gasteiger partial charge in [-0.05, 0) is 35.7 Å². The van der Waals surface area contributed by atoms with Crippen molar-refractivity contribution in [1.82, 2.24) is 4.90 Å². The van der Waals surface area contributed by atoms with Gasteiger partial charge in [0, 0.05) is 25.2 Å². The van der Waals surface area contributed by atoms with Crippen molar-refractivity contribution in [3.05, 3.63) is 65.2 Å². The van der Waals surface area contributed by atoms with Gasteiger partial charge < -0.3 is 20.1 Å². The van der Waals surface area contributed by atoms with Crippen molar-refractivity contribution in [2.75, 3.05) is 31.6 Å². The summed E-state index contributed by atoms with van der Waals surface area (Å²) < 4.78 is 5.26. The molecule has 0 unspecified atom stereocenters. The van der Waals surface area contributed by atoms with E-state index in [1.54, 1.807) is 35.2 Å². The Morgan fingerprint density at radius 3 is 2.38 bits per heavy atom. The lowest BCUT2D eigenvalue weighted by molar-refractivity contribution is -0.134. The van der Waals surface area contributed by atoms with Gasteiger partial charge in [-0.15, -0.1) is 0 Å². The van der Waals surface area contributed by atoms with Gasteiger partial charge in [-0.2, -0.15) is 0 Å². The molecule has 1 aliphatic rings. The number of aryl methyl sites for hydroxylation is 1. The maximum atomic E-state index is 12.3. The Morgan fingerprint density at radius 1 is 1.00 bits per heavy atom. The average Bonchev–Trinajstić information content (AvgIpc) is 2.74. The summed E-state index contributed by atoms with van der Waals surface area (Å²) >= 11 is 0. The highest BCUT2D eigenvalue weighted by atomic mass is 16.5. The Labute approximate surface area is 169 Å². The number of amides is 2. The Hall–Kier alpha value is -3.19. The standard InChI is InChI=1S/C22H24N2O5/c25-20(10-7-17-3-1-2-4-19(17)22(27)28)23-18-8-5-16(6-9-18)15-21(26)24-11-13-29-14-12-24/h1-6,8-9H,7,10-15H2,(H,23,25)(H,27,28). The van der Waals surface area contributed by atoms with Crippen LogP contribution in [0.15, 0.2) is 48.5 Å². The smallest absolute Gasteiger partial charge is 0.335 e. The van der Waals surface area contributed by atoms with Gasteiger partial charge in [0.1, 0.15) is 0 Å². The summed E-state index contributed by atoms with van der Waals surface area (Å²) in [5.41, 5.74) is 2.38. The first kappa shape index (κ1) is 20.5. The minimum absolute atomic E-state index is 0.0715. The number of morpholine rings is 1. The third-order valence-corrected chi connectivity index (χ3v) is 4.83. The van der Waals surface area contributed by atoms with Crippen molar-refractivity contribution in [3.63, 3.8) is 0 Å². The number of carboxylic acid groups (broad SMARTS) is 1. The molecule has 0 aliphatic carbocycles. The predicted octanol–water partition coefficient (Wildman–Crippen LogP) is 2.36. The van der Waals surface area contributed by atoms with Crippen LogP contribution in [0.3, 0.4) is 0 Å². The third-order valence-electron chi connectivity index (χ3n) is 4.83. The molecule has 2 amide bonds. The molecule has 0 saturated carbocycles. The maximum Gasteiger partial charge on any atom is 0.335 e. The third kappa shape index (κ3) is 5.89. The molecule has 0 radical (unpaired) electrons. The van der Waals surface area contributed by atoms with Crippen LogP contribution in [0.25, 0.3) is 0 Å². The van der Waals surface area contributed by atoms with Gasteiger partial charge in [0.25, 0.3) is 0 Å². The highest BCUT2D eigenvalue weighted by Gasteiger charge is 2.17. The van der Waals surface area contributed by atoms with Crippen molar-refractivity contribution in [2.24, 2.45) is 0 Å². The second-order valence-electron chi connectivity index (χ2n) is 6.88. The number of rotatable bonds is 7. The van der Waals surface area contributed by atoms with Crippen LogP contribution in [-0.2, 0) is 27.2 Å². The van der Waals surface area contributed by atoms with Crippen LogP contribution < -0.4 is 5.32 Å². The zero-order chi connectivity index (χ0) is 20.6. The van der Waals surface area contributed by atoms with E-state index in [2.05, 4.69) is 5.32 Å². The van der Waals surface area contributed by atoms with Crippen LogP contribution in [0, 0.1) is 0 Å². The van der Waals surface area contributed by atoms with E-state index in [1.165, 1.54) is 6.07 Å². The minimum atomic E-state index is -0.997. The average molecular weight is 396 g/mol. The Bertz CT molecular complexity index is 873. The predicted molar refractivity (Wildman–Crippen MR) is 108 cm³/mol. The minimum Gasteiger partial charge on any atom is -0.478 e. The molecule has 2 aromatic rings. The summed E-state index contributed by atoms with van der Waals surface area (Å²) in [5.74, 6) is -1.12. The molecule has 152 valence electrons. The normalized spacial score (nSPS) is 13.7. The van der Waals surface area contributed by atoms with Crippen molar-refractivity contribution in [3.8, 4) is 0 Å². The van der Waals surface area contributed by atoms with E-state index in [-0.39, 0.29) is 23.8 Å². The lowest BCUT2D eigenvalue weighted by Crippen LogP contribution is -2.41. The Kier molecular flexibility index (Phi) is 6.97. The van der Waals surface area contributed by atoms with Gasteiger partial charge in [-0.3, -0.25) is 9.59 Å². The van der Waals surface area contributed by atoms with Gasteiger partial charge in [0.05, 0.1) is 25.2 Å². The fourth-order valence-corrected chi connectivity index (χ4v) is 3.22. The largest absolute Gasteiger partial charge is 0.478 e. The number of carbonyl (C=O) groups excluding carboxylic acids is 2. The number of hydrogen-bond acceptors (Lipinski definition) is 4. The molecule has 0 spiro atoms. The highest BCUT2D eigenvalue weighted by molar-refractivity contribution is 5.92. The second kappa shape index (κ2) is 9.84. The van der Waals surface area contributed by atoms with Gasteiger partial charge in [-0.1, -0.05) is 30.3 Å². The number of nitrogens with one attached hydrogen (secondary N) is 1. The molecule has 0 bridgehead atoms. The SMILES string of the molecule is O=C(CCc1ccccc1C(=O)O)Nc1ccc(CC(=O)N2CCOCC2)cc1. The molecule has 2 aromatic carbocycles. The lowest BCUT2D eigenvalue weighted by Gasteiger charge is -2.26. The van der Waals surface area contributed by atoms with Crippen LogP contribution in [-0.4, -0.2) is 54.1 Å². The first-order valence-electron chi connectivity index (χ1n) is 9.58. The van der Waals surface area contributed by atoms with Gasteiger partial charge in [-0.25, -0.2) is 4.79 Å². The van der Waals surface area contributed by atoms with E-state index >= 15 is 0 Å². The van der Waals surface area contributed by atoms with Gasteiger partial charge >= 0.3 is 5.97 Å². The first-order chi connectivity index (χ1) is 14.0. The molecule has 1 saturated heterocycles. The van der Waals surface area contributed by atoms with E-state index in [4.69, 9.17) is 4.74 Å². The molecule has 1 heterocycles. The summed E-state index contributed by atoms with van der Waals surface area (Å²) in [5, 5.41) is 12.0. The molecule has 0 atom stereocenters. The number of anilines is 1. The highest BCUT2D eigenvalue weighted by Crippen LogP contribution is 2.14. The summed E-state index contributed by atoms with van der Waals surface area (Å²) in [6, 6.07) is 13.9. The van der Waals surface area contributed by atoms with Gasteiger partial charge in [0.15, 0.2) is 0 Å². The molecular formula is C22H24N2O5. The first-order valence-corrected chi connectivity index (χ1v) is 9.58. The number of nitrogens with zero attached hydrogens (tertiary/aromatic N) is 1. The summed E-state index contributed by atoms with van der Waals surface area (Å²) in [7, 11) is 0. The number of aromatic carboxylic acids is 1. The zero-order valence-corrected chi connectivity index (χ0v) is 16.1. The molecular weight excluding hydrogens is 372 g/mol. The van der Waals surface area contributed by atoms with Crippen molar-refractivity contribution in [2.45, 2.75) is 19.3 Å². The number of carbonyl (C=O) groups is 3. The molecule has 3 rings (SSSR count). The lowest BCUT2D eigenvalue weighted by atomic mass is 10.0. The van der Waals surface area contributed by atoms with Crippen LogP contribution in [0.1, 0.15) is 27.9 Å². The summed E-state index contributed by atoms with van der Waals surface area (Å²) in [4.78, 5) is 37.5. The number of carboxylic acids is 1. The van der Waals surface area contributed by atoms with E-state index < -0.39 is 5.97 Å². The zero-order valence-electron chi connectivity index (χ0n) is 16.1. The topological polar surface area (TPSA) is 95.9 Å². The van der Waals surface area contributed by atoms with E-state index in [0.29, 0.717) is 50.4 Å². The van der Waals surface area contributed by atoms with Crippen LogP contribution in [0.4, 0.5) is 5.69 Å². The molecule has 29 heavy (non-hydrogen) atoms. The molecule has 2 N–H and O–H groups in total. The number of hydrogen-bond donors (Lipinski definition) is 2. The molecule has 0 aromatic heterocycles. The fourth-order valence-electron chi connectivity index (χ4n) is 3.22. The van der Waals surface area contributed by atoms with Crippen LogP contribution in [0.5, 0.6) is 0 Å².